The second kappa shape index (κ2) is 9.28. The summed E-state index contributed by atoms with van der Waals surface area (Å²) in [6.45, 7) is 3.81. The van der Waals surface area contributed by atoms with Crippen molar-refractivity contribution in [3.05, 3.63) is 42.5 Å². The van der Waals surface area contributed by atoms with Crippen LogP contribution in [0.25, 0.3) is 0 Å². The van der Waals surface area contributed by atoms with E-state index < -0.39 is 34.5 Å². The molecule has 0 radical (unpaired) electrons. The fraction of sp³-hybridized carbons (Fsp3) is 0.353. The van der Waals surface area contributed by atoms with Gasteiger partial charge in [-0.3, -0.25) is 10.1 Å². The summed E-state index contributed by atoms with van der Waals surface area (Å²) in [6.07, 6.45) is 3.04. The zero-order chi connectivity index (χ0) is 19.9. The van der Waals surface area contributed by atoms with Crippen LogP contribution in [0.4, 0.5) is 4.79 Å². The first-order chi connectivity index (χ1) is 12.8. The number of hydrogen-bond acceptors (Lipinski definition) is 6. The van der Waals surface area contributed by atoms with Crippen molar-refractivity contribution < 1.29 is 27.5 Å². The summed E-state index contributed by atoms with van der Waals surface area (Å²) in [7, 11) is -3.67. The van der Waals surface area contributed by atoms with Crippen molar-refractivity contribution in [2.45, 2.75) is 17.7 Å². The van der Waals surface area contributed by atoms with Gasteiger partial charge < -0.3 is 10.1 Å². The van der Waals surface area contributed by atoms with Gasteiger partial charge in [0.1, 0.15) is 0 Å². The standard InChI is InChI=1S/C17H21N3O6S/c1-2-8-18-17(23)19-15(21)12-26-16(22)13-6-5-7-14(11-13)27(24,25)20-9-3-4-10-20/h2,5-7,11H,1,3-4,8-10,12H2,(H2,18,19,21,23). The molecule has 9 nitrogen and oxygen atoms in total. The van der Waals surface area contributed by atoms with Crippen LogP contribution in [0.15, 0.2) is 41.8 Å². The summed E-state index contributed by atoms with van der Waals surface area (Å²) in [4.78, 5) is 35.0. The van der Waals surface area contributed by atoms with Crippen LogP contribution in [0.5, 0.6) is 0 Å². The minimum atomic E-state index is -3.67. The Balaban J connectivity index is 1.96. The highest BCUT2D eigenvalue weighted by molar-refractivity contribution is 7.89. The molecule has 1 heterocycles. The summed E-state index contributed by atoms with van der Waals surface area (Å²) < 4.78 is 31.3. The van der Waals surface area contributed by atoms with Crippen molar-refractivity contribution in [1.29, 1.82) is 0 Å². The Morgan fingerprint density at radius 2 is 1.93 bits per heavy atom. The molecule has 1 aromatic rings. The van der Waals surface area contributed by atoms with E-state index in [-0.39, 0.29) is 17.0 Å². The number of imide groups is 1. The molecule has 146 valence electrons. The van der Waals surface area contributed by atoms with Gasteiger partial charge in [-0.25, -0.2) is 18.0 Å². The Hall–Kier alpha value is -2.72. The number of hydrogen-bond donors (Lipinski definition) is 2. The van der Waals surface area contributed by atoms with Gasteiger partial charge in [0, 0.05) is 19.6 Å². The molecule has 1 saturated heterocycles. The van der Waals surface area contributed by atoms with E-state index in [1.54, 1.807) is 0 Å². The van der Waals surface area contributed by atoms with E-state index in [4.69, 9.17) is 4.74 Å². The van der Waals surface area contributed by atoms with Gasteiger partial charge >= 0.3 is 12.0 Å². The molecular weight excluding hydrogens is 374 g/mol. The van der Waals surface area contributed by atoms with Gasteiger partial charge in [0.05, 0.1) is 10.5 Å². The molecule has 0 saturated carbocycles. The molecule has 1 aliphatic heterocycles. The number of urea groups is 1. The SMILES string of the molecule is C=CCNC(=O)NC(=O)COC(=O)c1cccc(S(=O)(=O)N2CCCC2)c1. The Morgan fingerprint density at radius 3 is 2.59 bits per heavy atom. The Bertz CT molecular complexity index is 831. The highest BCUT2D eigenvalue weighted by Gasteiger charge is 2.27. The van der Waals surface area contributed by atoms with E-state index in [1.807, 2.05) is 5.32 Å². The molecule has 1 fully saturated rings. The smallest absolute Gasteiger partial charge is 0.338 e. The van der Waals surface area contributed by atoms with Gasteiger partial charge in [-0.15, -0.1) is 6.58 Å². The van der Waals surface area contributed by atoms with Gasteiger partial charge in [-0.05, 0) is 31.0 Å². The third kappa shape index (κ3) is 5.63. The van der Waals surface area contributed by atoms with Crippen LogP contribution in [-0.4, -0.2) is 56.9 Å². The maximum absolute atomic E-state index is 12.5. The molecule has 0 bridgehead atoms. The summed E-state index contributed by atoms with van der Waals surface area (Å²) in [5, 5.41) is 4.31. The summed E-state index contributed by atoms with van der Waals surface area (Å²) in [6, 6.07) is 4.70. The number of amides is 3. The number of sulfonamides is 1. The Labute approximate surface area is 157 Å². The van der Waals surface area contributed by atoms with Gasteiger partial charge in [-0.1, -0.05) is 12.1 Å². The number of carbonyl (C=O) groups is 3. The second-order valence-electron chi connectivity index (χ2n) is 5.76. The van der Waals surface area contributed by atoms with Gasteiger partial charge in [0.25, 0.3) is 5.91 Å². The predicted octanol–water partition coefficient (Wildman–Crippen LogP) is 0.640. The van der Waals surface area contributed by atoms with Crippen LogP contribution in [0.1, 0.15) is 23.2 Å². The Kier molecular flexibility index (Phi) is 7.08. The zero-order valence-electron chi connectivity index (χ0n) is 14.6. The first-order valence-corrected chi connectivity index (χ1v) is 9.74. The fourth-order valence-electron chi connectivity index (χ4n) is 2.45. The molecule has 2 rings (SSSR count). The summed E-state index contributed by atoms with van der Waals surface area (Å²) >= 11 is 0. The van der Waals surface area contributed by atoms with Crippen LogP contribution in [0, 0.1) is 0 Å². The second-order valence-corrected chi connectivity index (χ2v) is 7.70. The monoisotopic (exact) mass is 395 g/mol. The highest BCUT2D eigenvalue weighted by atomic mass is 32.2. The average Bonchev–Trinajstić information content (AvgIpc) is 3.20. The van der Waals surface area contributed by atoms with E-state index >= 15 is 0 Å². The maximum atomic E-state index is 12.5. The molecule has 1 aromatic carbocycles. The first-order valence-electron chi connectivity index (χ1n) is 8.30. The minimum Gasteiger partial charge on any atom is -0.452 e. The quantitative estimate of drug-likeness (QED) is 0.516. The molecule has 0 spiro atoms. The number of carbonyl (C=O) groups excluding carboxylic acids is 3. The number of esters is 1. The average molecular weight is 395 g/mol. The van der Waals surface area contributed by atoms with Crippen molar-refractivity contribution >= 4 is 27.9 Å². The van der Waals surface area contributed by atoms with Gasteiger partial charge in [0.15, 0.2) is 6.61 Å². The minimum absolute atomic E-state index is 0.000758. The molecule has 0 aliphatic carbocycles. The lowest BCUT2D eigenvalue weighted by molar-refractivity contribution is -0.123. The summed E-state index contributed by atoms with van der Waals surface area (Å²) in [5.41, 5.74) is -0.000758. The fourth-order valence-corrected chi connectivity index (χ4v) is 4.01. The normalized spacial score (nSPS) is 14.4. The van der Waals surface area contributed by atoms with Crippen molar-refractivity contribution in [2.24, 2.45) is 0 Å². The zero-order valence-corrected chi connectivity index (χ0v) is 15.5. The molecule has 1 aliphatic rings. The molecule has 0 atom stereocenters. The van der Waals surface area contributed by atoms with E-state index in [9.17, 15) is 22.8 Å². The molecule has 10 heteroatoms. The lowest BCUT2D eigenvalue weighted by atomic mass is 10.2. The Morgan fingerprint density at radius 1 is 1.22 bits per heavy atom. The summed E-state index contributed by atoms with van der Waals surface area (Å²) in [5.74, 6) is -1.68. The van der Waals surface area contributed by atoms with Crippen molar-refractivity contribution in [1.82, 2.24) is 14.9 Å². The topological polar surface area (TPSA) is 122 Å². The first kappa shape index (κ1) is 20.6. The highest BCUT2D eigenvalue weighted by Crippen LogP contribution is 2.21. The van der Waals surface area contributed by atoms with Crippen molar-refractivity contribution in [3.8, 4) is 0 Å². The number of ether oxygens (including phenoxy) is 1. The van der Waals surface area contributed by atoms with E-state index in [0.29, 0.717) is 13.1 Å². The molecule has 27 heavy (non-hydrogen) atoms. The largest absolute Gasteiger partial charge is 0.452 e. The van der Waals surface area contributed by atoms with E-state index in [1.165, 1.54) is 34.6 Å². The van der Waals surface area contributed by atoms with E-state index in [2.05, 4.69) is 11.9 Å². The molecule has 0 unspecified atom stereocenters. The van der Waals surface area contributed by atoms with Crippen molar-refractivity contribution in [2.75, 3.05) is 26.2 Å². The van der Waals surface area contributed by atoms with Gasteiger partial charge in [0.2, 0.25) is 10.0 Å². The molecule has 0 aromatic heterocycles. The molecular formula is C17H21N3O6S. The lowest BCUT2D eigenvalue weighted by Gasteiger charge is -2.15. The van der Waals surface area contributed by atoms with Crippen LogP contribution in [-0.2, 0) is 19.6 Å². The number of nitrogens with one attached hydrogen (secondary N) is 2. The van der Waals surface area contributed by atoms with E-state index in [0.717, 1.165) is 12.8 Å². The van der Waals surface area contributed by atoms with Crippen LogP contribution in [0.3, 0.4) is 0 Å². The lowest BCUT2D eigenvalue weighted by Crippen LogP contribution is -2.41. The van der Waals surface area contributed by atoms with Gasteiger partial charge in [-0.2, -0.15) is 4.31 Å². The molecule has 3 amide bonds. The number of benzene rings is 1. The maximum Gasteiger partial charge on any atom is 0.338 e. The molecule has 2 N–H and O–H groups in total. The predicted molar refractivity (Wildman–Crippen MR) is 96.5 cm³/mol. The van der Waals surface area contributed by atoms with Crippen LogP contribution in [0.2, 0.25) is 0 Å². The number of rotatable bonds is 7. The third-order valence-electron chi connectivity index (χ3n) is 3.77. The van der Waals surface area contributed by atoms with Crippen molar-refractivity contribution in [3.63, 3.8) is 0 Å². The van der Waals surface area contributed by atoms with Crippen LogP contribution >= 0.6 is 0 Å². The van der Waals surface area contributed by atoms with Crippen LogP contribution < -0.4 is 10.6 Å². The third-order valence-corrected chi connectivity index (χ3v) is 5.66. The number of nitrogens with zero attached hydrogens (tertiary/aromatic N) is 1.